The van der Waals surface area contributed by atoms with Crippen molar-refractivity contribution in [2.75, 3.05) is 0 Å². The molecule has 0 fully saturated rings. The Bertz CT molecular complexity index is 1040. The topological polar surface area (TPSA) is 69.5 Å². The number of nitrogens with zero attached hydrogens (tertiary/aromatic N) is 2. The summed E-state index contributed by atoms with van der Waals surface area (Å²) in [6.07, 6.45) is 0.615. The smallest absolute Gasteiger partial charge is 0.254 e. The maximum atomic E-state index is 12.3. The van der Waals surface area contributed by atoms with Gasteiger partial charge < -0.3 is 4.98 Å². The van der Waals surface area contributed by atoms with Gasteiger partial charge in [0.15, 0.2) is 5.16 Å². The first kappa shape index (κ1) is 18.0. The number of aryl methyl sites for hydroxylation is 2. The van der Waals surface area contributed by atoms with Crippen molar-refractivity contribution in [2.45, 2.75) is 37.2 Å². The minimum Gasteiger partial charge on any atom is -0.301 e. The van der Waals surface area contributed by atoms with Gasteiger partial charge in [-0.2, -0.15) is 5.26 Å². The molecular formula is C21H19N3OS. The second-order valence-corrected chi connectivity index (χ2v) is 7.42. The van der Waals surface area contributed by atoms with E-state index in [-0.39, 0.29) is 5.56 Å². The molecular weight excluding hydrogens is 342 g/mol. The van der Waals surface area contributed by atoms with Crippen molar-refractivity contribution in [1.82, 2.24) is 9.97 Å². The summed E-state index contributed by atoms with van der Waals surface area (Å²) >= 11 is 1.35. The van der Waals surface area contributed by atoms with E-state index in [1.165, 1.54) is 22.9 Å². The molecule has 5 heteroatoms. The van der Waals surface area contributed by atoms with Gasteiger partial charge in [-0.15, -0.1) is 0 Å². The predicted molar refractivity (Wildman–Crippen MR) is 104 cm³/mol. The van der Waals surface area contributed by atoms with Crippen LogP contribution < -0.4 is 5.56 Å². The third kappa shape index (κ3) is 4.22. The van der Waals surface area contributed by atoms with E-state index in [9.17, 15) is 4.79 Å². The first-order valence-electron chi connectivity index (χ1n) is 8.29. The zero-order valence-corrected chi connectivity index (χ0v) is 15.8. The molecule has 0 unspecified atom stereocenters. The number of benzene rings is 2. The Morgan fingerprint density at radius 3 is 2.54 bits per heavy atom. The second-order valence-electron chi connectivity index (χ2n) is 6.36. The van der Waals surface area contributed by atoms with Gasteiger partial charge in [0, 0.05) is 16.9 Å². The molecule has 130 valence electrons. The number of nitrogens with one attached hydrogen (secondary N) is 1. The standard InChI is InChI=1S/C21H19N3OS/c1-13-7-14(2)9-17(8-13)11-19-15(3)20(25)24-21(23-19)26-18-6-4-5-16(10-18)12-22/h4-10H,11H2,1-3H3,(H,23,24,25). The first-order valence-corrected chi connectivity index (χ1v) is 9.11. The van der Waals surface area contributed by atoms with Gasteiger partial charge in [0.1, 0.15) is 0 Å². The highest BCUT2D eigenvalue weighted by atomic mass is 32.2. The van der Waals surface area contributed by atoms with Gasteiger partial charge in [-0.3, -0.25) is 4.79 Å². The molecule has 0 saturated heterocycles. The molecule has 4 nitrogen and oxygen atoms in total. The van der Waals surface area contributed by atoms with E-state index in [0.717, 1.165) is 16.2 Å². The van der Waals surface area contributed by atoms with E-state index in [4.69, 9.17) is 5.26 Å². The van der Waals surface area contributed by atoms with Gasteiger partial charge in [-0.1, -0.05) is 47.2 Å². The zero-order chi connectivity index (χ0) is 18.7. The Hall–Kier alpha value is -2.84. The van der Waals surface area contributed by atoms with Crippen LogP contribution in [0.1, 0.15) is 33.5 Å². The van der Waals surface area contributed by atoms with Crippen molar-refractivity contribution in [2.24, 2.45) is 0 Å². The number of hydrogen-bond donors (Lipinski definition) is 1. The van der Waals surface area contributed by atoms with Gasteiger partial charge in [0.2, 0.25) is 0 Å². The summed E-state index contributed by atoms with van der Waals surface area (Å²) in [5.74, 6) is 0. The summed E-state index contributed by atoms with van der Waals surface area (Å²) < 4.78 is 0. The highest BCUT2D eigenvalue weighted by Crippen LogP contribution is 2.25. The second kappa shape index (κ2) is 7.59. The lowest BCUT2D eigenvalue weighted by Crippen LogP contribution is -2.16. The minimum atomic E-state index is -0.127. The maximum Gasteiger partial charge on any atom is 0.254 e. The first-order chi connectivity index (χ1) is 12.4. The fraction of sp³-hybridized carbons (Fsp3) is 0.190. The lowest BCUT2D eigenvalue weighted by atomic mass is 10.0. The summed E-state index contributed by atoms with van der Waals surface area (Å²) in [6, 6.07) is 15.8. The number of aromatic amines is 1. The van der Waals surface area contributed by atoms with E-state index in [2.05, 4.69) is 48.1 Å². The van der Waals surface area contributed by atoms with E-state index in [0.29, 0.717) is 22.7 Å². The lowest BCUT2D eigenvalue weighted by Gasteiger charge is -2.09. The Labute approximate surface area is 156 Å². The summed E-state index contributed by atoms with van der Waals surface area (Å²) in [5.41, 5.74) is 5.41. The number of nitriles is 1. The summed E-state index contributed by atoms with van der Waals surface area (Å²) in [6.45, 7) is 5.94. The number of H-pyrrole nitrogens is 1. The SMILES string of the molecule is Cc1cc(C)cc(Cc2nc(Sc3cccc(C#N)c3)[nH]c(=O)c2C)c1. The number of rotatable bonds is 4. The van der Waals surface area contributed by atoms with Crippen molar-refractivity contribution < 1.29 is 0 Å². The normalized spacial score (nSPS) is 10.5. The zero-order valence-electron chi connectivity index (χ0n) is 15.0. The van der Waals surface area contributed by atoms with Crippen LogP contribution in [0, 0.1) is 32.1 Å². The Balaban J connectivity index is 1.94. The Morgan fingerprint density at radius 1 is 1.12 bits per heavy atom. The molecule has 0 atom stereocenters. The molecule has 2 aromatic carbocycles. The van der Waals surface area contributed by atoms with Gasteiger partial charge in [0.05, 0.1) is 17.3 Å². The lowest BCUT2D eigenvalue weighted by molar-refractivity contribution is 0.857. The maximum absolute atomic E-state index is 12.3. The fourth-order valence-corrected chi connectivity index (χ4v) is 3.74. The molecule has 26 heavy (non-hydrogen) atoms. The molecule has 1 N–H and O–H groups in total. The van der Waals surface area contributed by atoms with Crippen molar-refractivity contribution in [3.63, 3.8) is 0 Å². The van der Waals surface area contributed by atoms with Crippen LogP contribution in [0.2, 0.25) is 0 Å². The van der Waals surface area contributed by atoms with E-state index in [1.807, 2.05) is 12.1 Å². The van der Waals surface area contributed by atoms with Crippen LogP contribution in [0.3, 0.4) is 0 Å². The molecule has 3 rings (SSSR count). The van der Waals surface area contributed by atoms with Crippen LogP contribution >= 0.6 is 11.8 Å². The third-order valence-electron chi connectivity index (χ3n) is 4.06. The van der Waals surface area contributed by atoms with Crippen LogP contribution in [-0.2, 0) is 6.42 Å². The molecule has 0 aliphatic carbocycles. The van der Waals surface area contributed by atoms with Gasteiger partial charge in [0.25, 0.3) is 5.56 Å². The van der Waals surface area contributed by atoms with Crippen LogP contribution in [0.5, 0.6) is 0 Å². The van der Waals surface area contributed by atoms with Crippen LogP contribution in [0.4, 0.5) is 0 Å². The highest BCUT2D eigenvalue weighted by molar-refractivity contribution is 7.99. The quantitative estimate of drug-likeness (QED) is 0.703. The Morgan fingerprint density at radius 2 is 1.85 bits per heavy atom. The van der Waals surface area contributed by atoms with Gasteiger partial charge in [-0.25, -0.2) is 4.98 Å². The molecule has 0 aliphatic rings. The van der Waals surface area contributed by atoms with Crippen LogP contribution in [-0.4, -0.2) is 9.97 Å². The van der Waals surface area contributed by atoms with Gasteiger partial charge in [-0.05, 0) is 44.5 Å². The molecule has 0 radical (unpaired) electrons. The van der Waals surface area contributed by atoms with Crippen LogP contribution in [0.25, 0.3) is 0 Å². The molecule has 0 bridgehead atoms. The number of aromatic nitrogens is 2. The van der Waals surface area contributed by atoms with Crippen molar-refractivity contribution >= 4 is 11.8 Å². The molecule has 0 saturated carbocycles. The van der Waals surface area contributed by atoms with E-state index >= 15 is 0 Å². The molecule has 0 aliphatic heterocycles. The third-order valence-corrected chi connectivity index (χ3v) is 4.94. The summed E-state index contributed by atoms with van der Waals surface area (Å²) in [7, 11) is 0. The average molecular weight is 361 g/mol. The van der Waals surface area contributed by atoms with Crippen molar-refractivity contribution in [3.05, 3.63) is 86.3 Å². The molecule has 0 amide bonds. The fourth-order valence-electron chi connectivity index (χ4n) is 2.88. The molecule has 3 aromatic rings. The average Bonchev–Trinajstić information content (AvgIpc) is 2.58. The monoisotopic (exact) mass is 361 g/mol. The largest absolute Gasteiger partial charge is 0.301 e. The summed E-state index contributed by atoms with van der Waals surface area (Å²) in [4.78, 5) is 20.7. The van der Waals surface area contributed by atoms with Crippen molar-refractivity contribution in [3.8, 4) is 6.07 Å². The Kier molecular flexibility index (Phi) is 5.24. The molecule has 1 heterocycles. The van der Waals surface area contributed by atoms with Gasteiger partial charge >= 0.3 is 0 Å². The predicted octanol–water partition coefficient (Wildman–Crippen LogP) is 4.31. The summed E-state index contributed by atoms with van der Waals surface area (Å²) in [5, 5.41) is 9.57. The number of hydrogen-bond acceptors (Lipinski definition) is 4. The molecule has 0 spiro atoms. The van der Waals surface area contributed by atoms with E-state index in [1.54, 1.807) is 19.1 Å². The van der Waals surface area contributed by atoms with E-state index < -0.39 is 0 Å². The van der Waals surface area contributed by atoms with Crippen LogP contribution in [0.15, 0.2) is 57.3 Å². The minimum absolute atomic E-state index is 0.127. The van der Waals surface area contributed by atoms with Crippen molar-refractivity contribution in [1.29, 1.82) is 5.26 Å². The highest BCUT2D eigenvalue weighted by Gasteiger charge is 2.10. The molecule has 1 aromatic heterocycles.